The average Bonchev–Trinajstić information content (AvgIpc) is 3.06. The Labute approximate surface area is 144 Å². The number of rotatable bonds is 3. The van der Waals surface area contributed by atoms with Crippen molar-refractivity contribution in [1.82, 2.24) is 19.8 Å². The van der Waals surface area contributed by atoms with E-state index in [1.54, 1.807) is 6.07 Å². The van der Waals surface area contributed by atoms with Gasteiger partial charge in [-0.2, -0.15) is 4.52 Å². The second kappa shape index (κ2) is 6.38. The molecular formula is C18H19F2N5. The fourth-order valence-corrected chi connectivity index (χ4v) is 3.43. The zero-order valence-electron chi connectivity index (χ0n) is 13.9. The summed E-state index contributed by atoms with van der Waals surface area (Å²) in [7, 11) is 0. The molecule has 3 heterocycles. The van der Waals surface area contributed by atoms with Gasteiger partial charge in [-0.25, -0.2) is 8.78 Å². The van der Waals surface area contributed by atoms with Crippen LogP contribution < -0.4 is 4.90 Å². The topological polar surface area (TPSA) is 46.3 Å². The van der Waals surface area contributed by atoms with E-state index in [1.807, 2.05) is 6.07 Å². The Morgan fingerprint density at radius 1 is 1.04 bits per heavy atom. The monoisotopic (exact) mass is 343 g/mol. The number of benzene rings is 1. The summed E-state index contributed by atoms with van der Waals surface area (Å²) in [5, 5.41) is 11.7. The molecule has 7 heteroatoms. The maximum atomic E-state index is 13.1. The molecule has 0 N–H and O–H groups in total. The fraction of sp³-hybridized carbons (Fsp3) is 0.389. The first kappa shape index (κ1) is 15.9. The fourth-order valence-electron chi connectivity index (χ4n) is 3.43. The number of aryl methyl sites for hydroxylation is 1. The van der Waals surface area contributed by atoms with E-state index in [4.69, 9.17) is 0 Å². The third kappa shape index (κ3) is 2.94. The van der Waals surface area contributed by atoms with Crippen molar-refractivity contribution in [3.8, 4) is 0 Å². The molecule has 1 aliphatic rings. The molecule has 25 heavy (non-hydrogen) atoms. The van der Waals surface area contributed by atoms with E-state index in [2.05, 4.69) is 51.4 Å². The van der Waals surface area contributed by atoms with Crippen LogP contribution >= 0.6 is 0 Å². The van der Waals surface area contributed by atoms with E-state index in [0.29, 0.717) is 11.5 Å². The van der Waals surface area contributed by atoms with Gasteiger partial charge in [0.25, 0.3) is 6.43 Å². The van der Waals surface area contributed by atoms with Crippen molar-refractivity contribution in [2.24, 2.45) is 0 Å². The number of halogens is 2. The number of alkyl halides is 2. The van der Waals surface area contributed by atoms with Gasteiger partial charge in [-0.05, 0) is 43.9 Å². The van der Waals surface area contributed by atoms with Crippen LogP contribution in [-0.4, -0.2) is 26.4 Å². The van der Waals surface area contributed by atoms with Crippen LogP contribution in [0.15, 0.2) is 36.4 Å². The summed E-state index contributed by atoms with van der Waals surface area (Å²) in [4.78, 5) is 2.20. The Bertz CT molecular complexity index is 875. The first-order valence-corrected chi connectivity index (χ1v) is 8.47. The van der Waals surface area contributed by atoms with Gasteiger partial charge in [0.2, 0.25) is 5.82 Å². The standard InChI is InChI=1S/C18H19F2N5/c1-12-5-7-13(8-6-12)14-4-2-3-11-24(14)16-10-9-15-21-22-18(17(19)20)25(15)23-16/h5-10,14,17H,2-4,11H2,1H3. The molecule has 0 bridgehead atoms. The molecule has 1 saturated heterocycles. The highest BCUT2D eigenvalue weighted by atomic mass is 19.3. The molecule has 0 amide bonds. The second-order valence-corrected chi connectivity index (χ2v) is 6.44. The Kier molecular flexibility index (Phi) is 4.07. The number of piperidine rings is 1. The number of aromatic nitrogens is 4. The highest BCUT2D eigenvalue weighted by molar-refractivity contribution is 5.48. The first-order chi connectivity index (χ1) is 12.1. The molecule has 0 aliphatic carbocycles. The van der Waals surface area contributed by atoms with Gasteiger partial charge >= 0.3 is 0 Å². The molecule has 5 nitrogen and oxygen atoms in total. The minimum atomic E-state index is -2.70. The van der Waals surface area contributed by atoms with E-state index >= 15 is 0 Å². The summed E-state index contributed by atoms with van der Waals surface area (Å²) in [6.07, 6.45) is 0.525. The van der Waals surface area contributed by atoms with Crippen molar-refractivity contribution >= 4 is 11.5 Å². The summed E-state index contributed by atoms with van der Waals surface area (Å²) < 4.78 is 27.4. The van der Waals surface area contributed by atoms with Crippen LogP contribution in [0.3, 0.4) is 0 Å². The summed E-state index contributed by atoms with van der Waals surface area (Å²) in [6.45, 7) is 2.92. The van der Waals surface area contributed by atoms with Crippen LogP contribution in [0.2, 0.25) is 0 Å². The Hall–Kier alpha value is -2.57. The first-order valence-electron chi connectivity index (χ1n) is 8.47. The minimum absolute atomic E-state index is 0.200. The van der Waals surface area contributed by atoms with Gasteiger partial charge in [0, 0.05) is 6.54 Å². The number of hydrogen-bond donors (Lipinski definition) is 0. The molecule has 0 spiro atoms. The number of anilines is 1. The van der Waals surface area contributed by atoms with Crippen molar-refractivity contribution in [1.29, 1.82) is 0 Å². The lowest BCUT2D eigenvalue weighted by molar-refractivity contribution is 0.137. The van der Waals surface area contributed by atoms with Crippen LogP contribution in [0.5, 0.6) is 0 Å². The van der Waals surface area contributed by atoms with E-state index in [1.165, 1.54) is 11.1 Å². The molecular weight excluding hydrogens is 324 g/mol. The van der Waals surface area contributed by atoms with Gasteiger partial charge in [-0.1, -0.05) is 29.8 Å². The van der Waals surface area contributed by atoms with Gasteiger partial charge in [0.05, 0.1) is 6.04 Å². The predicted octanol–water partition coefficient (Wildman–Crippen LogP) is 4.10. The van der Waals surface area contributed by atoms with Crippen molar-refractivity contribution in [3.63, 3.8) is 0 Å². The maximum absolute atomic E-state index is 13.1. The van der Waals surface area contributed by atoms with Crippen LogP contribution in [0, 0.1) is 6.92 Å². The second-order valence-electron chi connectivity index (χ2n) is 6.44. The molecule has 1 unspecified atom stereocenters. The zero-order chi connectivity index (χ0) is 17.4. The smallest absolute Gasteiger partial charge is 0.299 e. The Morgan fingerprint density at radius 2 is 1.84 bits per heavy atom. The van der Waals surface area contributed by atoms with E-state index in [-0.39, 0.29) is 6.04 Å². The van der Waals surface area contributed by atoms with E-state index < -0.39 is 12.2 Å². The molecule has 130 valence electrons. The molecule has 0 radical (unpaired) electrons. The average molecular weight is 343 g/mol. The summed E-state index contributed by atoms with van der Waals surface area (Å²) in [5.74, 6) is 0.264. The molecule has 1 atom stereocenters. The Balaban J connectivity index is 1.74. The molecule has 1 aliphatic heterocycles. The zero-order valence-corrected chi connectivity index (χ0v) is 13.9. The minimum Gasteiger partial charge on any atom is -0.348 e. The number of nitrogens with zero attached hydrogens (tertiary/aromatic N) is 5. The summed E-state index contributed by atoms with van der Waals surface area (Å²) >= 11 is 0. The van der Waals surface area contributed by atoms with Gasteiger partial charge < -0.3 is 4.90 Å². The lowest BCUT2D eigenvalue weighted by atomic mass is 9.94. The highest BCUT2D eigenvalue weighted by Crippen LogP contribution is 2.34. The molecule has 2 aromatic heterocycles. The summed E-state index contributed by atoms with van der Waals surface area (Å²) in [6, 6.07) is 12.2. The van der Waals surface area contributed by atoms with Crippen LogP contribution in [0.4, 0.5) is 14.6 Å². The van der Waals surface area contributed by atoms with Crippen LogP contribution in [0.25, 0.3) is 5.65 Å². The van der Waals surface area contributed by atoms with Gasteiger partial charge in [0.15, 0.2) is 5.65 Å². The SMILES string of the molecule is Cc1ccc(C2CCCCN2c2ccc3nnc(C(F)F)n3n2)cc1. The van der Waals surface area contributed by atoms with Crippen molar-refractivity contribution < 1.29 is 8.78 Å². The normalized spacial score (nSPS) is 18.2. The van der Waals surface area contributed by atoms with Crippen molar-refractivity contribution in [3.05, 3.63) is 53.3 Å². The maximum Gasteiger partial charge on any atom is 0.299 e. The van der Waals surface area contributed by atoms with Gasteiger partial charge in [0.1, 0.15) is 5.82 Å². The molecule has 1 fully saturated rings. The third-order valence-electron chi connectivity index (χ3n) is 4.73. The van der Waals surface area contributed by atoms with Crippen LogP contribution in [0.1, 0.15) is 48.7 Å². The third-order valence-corrected chi connectivity index (χ3v) is 4.73. The van der Waals surface area contributed by atoms with E-state index in [0.717, 1.165) is 30.3 Å². The number of fused-ring (bicyclic) bond motifs is 1. The predicted molar refractivity (Wildman–Crippen MR) is 90.9 cm³/mol. The lowest BCUT2D eigenvalue weighted by Crippen LogP contribution is -2.34. The quantitative estimate of drug-likeness (QED) is 0.718. The molecule has 0 saturated carbocycles. The largest absolute Gasteiger partial charge is 0.348 e. The number of hydrogen-bond acceptors (Lipinski definition) is 4. The molecule has 1 aromatic carbocycles. The Morgan fingerprint density at radius 3 is 2.60 bits per heavy atom. The van der Waals surface area contributed by atoms with E-state index in [9.17, 15) is 8.78 Å². The van der Waals surface area contributed by atoms with Crippen LogP contribution in [-0.2, 0) is 0 Å². The molecule has 3 aromatic rings. The molecule has 4 rings (SSSR count). The van der Waals surface area contributed by atoms with Crippen molar-refractivity contribution in [2.45, 2.75) is 38.7 Å². The lowest BCUT2D eigenvalue weighted by Gasteiger charge is -2.37. The van der Waals surface area contributed by atoms with Crippen molar-refractivity contribution in [2.75, 3.05) is 11.4 Å². The summed E-state index contributed by atoms with van der Waals surface area (Å²) in [5.41, 5.74) is 2.78. The van der Waals surface area contributed by atoms with Gasteiger partial charge in [-0.15, -0.1) is 15.3 Å². The highest BCUT2D eigenvalue weighted by Gasteiger charge is 2.26. The van der Waals surface area contributed by atoms with Gasteiger partial charge in [-0.3, -0.25) is 0 Å².